The third-order valence-electron chi connectivity index (χ3n) is 1.71. The maximum absolute atomic E-state index is 8.44. The molecule has 0 saturated heterocycles. The van der Waals surface area contributed by atoms with E-state index in [1.54, 1.807) is 6.20 Å². The van der Waals surface area contributed by atoms with Crippen LogP contribution in [0.1, 0.15) is 5.69 Å². The SMILES string of the molecule is N#CCc1cnc2n1CCO2. The van der Waals surface area contributed by atoms with Crippen molar-refractivity contribution in [2.45, 2.75) is 13.0 Å². The summed E-state index contributed by atoms with van der Waals surface area (Å²) in [5, 5.41) is 8.44. The Kier molecular flexibility index (Phi) is 1.29. The van der Waals surface area contributed by atoms with Crippen LogP contribution in [0.2, 0.25) is 0 Å². The van der Waals surface area contributed by atoms with Crippen molar-refractivity contribution in [1.82, 2.24) is 9.55 Å². The number of nitriles is 1. The van der Waals surface area contributed by atoms with Crippen molar-refractivity contribution in [2.75, 3.05) is 6.61 Å². The van der Waals surface area contributed by atoms with E-state index in [9.17, 15) is 0 Å². The molecule has 1 aromatic heterocycles. The van der Waals surface area contributed by atoms with Gasteiger partial charge in [0.15, 0.2) is 0 Å². The molecule has 1 aliphatic rings. The number of hydrogen-bond donors (Lipinski definition) is 0. The fourth-order valence-corrected chi connectivity index (χ4v) is 1.20. The van der Waals surface area contributed by atoms with Gasteiger partial charge >= 0.3 is 0 Å². The highest BCUT2D eigenvalue weighted by Crippen LogP contribution is 2.17. The van der Waals surface area contributed by atoms with Gasteiger partial charge in [-0.1, -0.05) is 0 Å². The van der Waals surface area contributed by atoms with Crippen molar-refractivity contribution in [3.8, 4) is 12.1 Å². The fourth-order valence-electron chi connectivity index (χ4n) is 1.20. The van der Waals surface area contributed by atoms with Gasteiger partial charge < -0.3 is 4.74 Å². The molecular weight excluding hydrogens is 142 g/mol. The van der Waals surface area contributed by atoms with Gasteiger partial charge in [0, 0.05) is 0 Å². The standard InChI is InChI=1S/C7H7N3O/c8-2-1-6-5-9-7-10(6)3-4-11-7/h5H,1,3-4H2. The van der Waals surface area contributed by atoms with Gasteiger partial charge in [0.2, 0.25) is 0 Å². The van der Waals surface area contributed by atoms with Crippen LogP contribution < -0.4 is 4.74 Å². The predicted octanol–water partition coefficient (Wildman–Crippen LogP) is 0.342. The lowest BCUT2D eigenvalue weighted by Crippen LogP contribution is -1.97. The average molecular weight is 149 g/mol. The molecule has 2 heterocycles. The van der Waals surface area contributed by atoms with Crippen molar-refractivity contribution in [3.05, 3.63) is 11.9 Å². The van der Waals surface area contributed by atoms with Crippen molar-refractivity contribution < 1.29 is 4.74 Å². The lowest BCUT2D eigenvalue weighted by Gasteiger charge is -1.94. The maximum atomic E-state index is 8.44. The van der Waals surface area contributed by atoms with Gasteiger partial charge in [-0.2, -0.15) is 5.26 Å². The molecule has 0 atom stereocenters. The van der Waals surface area contributed by atoms with Gasteiger partial charge in [0.1, 0.15) is 6.61 Å². The van der Waals surface area contributed by atoms with E-state index in [1.165, 1.54) is 0 Å². The zero-order chi connectivity index (χ0) is 7.68. The van der Waals surface area contributed by atoms with Crippen LogP contribution in [-0.2, 0) is 13.0 Å². The Morgan fingerprint density at radius 1 is 1.82 bits per heavy atom. The lowest BCUT2D eigenvalue weighted by atomic mass is 10.3. The van der Waals surface area contributed by atoms with Gasteiger partial charge in [-0.05, 0) is 0 Å². The van der Waals surface area contributed by atoms with E-state index < -0.39 is 0 Å². The largest absolute Gasteiger partial charge is 0.463 e. The van der Waals surface area contributed by atoms with Crippen LogP contribution >= 0.6 is 0 Å². The Morgan fingerprint density at radius 2 is 2.73 bits per heavy atom. The van der Waals surface area contributed by atoms with Gasteiger partial charge in [-0.3, -0.25) is 4.57 Å². The first-order valence-corrected chi connectivity index (χ1v) is 3.46. The van der Waals surface area contributed by atoms with Crippen molar-refractivity contribution in [2.24, 2.45) is 0 Å². The Hall–Kier alpha value is -1.50. The summed E-state index contributed by atoms with van der Waals surface area (Å²) >= 11 is 0. The summed E-state index contributed by atoms with van der Waals surface area (Å²) in [4.78, 5) is 4.00. The molecule has 4 heteroatoms. The first-order chi connectivity index (χ1) is 5.42. The van der Waals surface area contributed by atoms with Crippen LogP contribution in [-0.4, -0.2) is 16.2 Å². The lowest BCUT2D eigenvalue weighted by molar-refractivity contribution is 0.345. The quantitative estimate of drug-likeness (QED) is 0.578. The second kappa shape index (κ2) is 2.27. The van der Waals surface area contributed by atoms with E-state index >= 15 is 0 Å². The topological polar surface area (TPSA) is 50.8 Å². The second-order valence-electron chi connectivity index (χ2n) is 2.37. The zero-order valence-electron chi connectivity index (χ0n) is 5.95. The van der Waals surface area contributed by atoms with Crippen LogP contribution in [0.5, 0.6) is 6.01 Å². The van der Waals surface area contributed by atoms with E-state index in [-0.39, 0.29) is 0 Å². The summed E-state index contributed by atoms with van der Waals surface area (Å²) in [6.45, 7) is 1.51. The van der Waals surface area contributed by atoms with Crippen molar-refractivity contribution in [1.29, 1.82) is 5.26 Å². The van der Waals surface area contributed by atoms with E-state index in [0.717, 1.165) is 12.2 Å². The van der Waals surface area contributed by atoms with Crippen LogP contribution in [0, 0.1) is 11.3 Å². The Labute approximate surface area is 64.0 Å². The highest BCUT2D eigenvalue weighted by molar-refractivity contribution is 5.15. The highest BCUT2D eigenvalue weighted by atomic mass is 16.5. The second-order valence-corrected chi connectivity index (χ2v) is 2.37. The predicted molar refractivity (Wildman–Crippen MR) is 37.0 cm³/mol. The van der Waals surface area contributed by atoms with Crippen LogP contribution in [0.3, 0.4) is 0 Å². The molecule has 0 unspecified atom stereocenters. The van der Waals surface area contributed by atoms with Crippen molar-refractivity contribution in [3.63, 3.8) is 0 Å². The molecule has 11 heavy (non-hydrogen) atoms. The Morgan fingerprint density at radius 3 is 3.55 bits per heavy atom. The first kappa shape index (κ1) is 6.23. The number of nitrogens with zero attached hydrogens (tertiary/aromatic N) is 3. The van der Waals surface area contributed by atoms with Crippen LogP contribution in [0.15, 0.2) is 6.20 Å². The van der Waals surface area contributed by atoms with E-state index in [4.69, 9.17) is 10.00 Å². The Bertz CT molecular complexity index is 310. The molecule has 1 aliphatic heterocycles. The summed E-state index contributed by atoms with van der Waals surface area (Å²) in [6, 6.07) is 2.73. The normalized spacial score (nSPS) is 13.7. The summed E-state index contributed by atoms with van der Waals surface area (Å²) in [7, 11) is 0. The van der Waals surface area contributed by atoms with E-state index in [1.807, 2.05) is 4.57 Å². The van der Waals surface area contributed by atoms with Gasteiger partial charge in [0.05, 0.1) is 30.9 Å². The van der Waals surface area contributed by atoms with Gasteiger partial charge in [0.25, 0.3) is 6.01 Å². The summed E-state index contributed by atoms with van der Waals surface area (Å²) in [5.74, 6) is 0. The van der Waals surface area contributed by atoms with E-state index in [2.05, 4.69) is 11.1 Å². The highest BCUT2D eigenvalue weighted by Gasteiger charge is 2.15. The molecular formula is C7H7N3O. The number of ether oxygens (including phenoxy) is 1. The third kappa shape index (κ3) is 0.855. The third-order valence-corrected chi connectivity index (χ3v) is 1.71. The molecule has 0 amide bonds. The number of imidazole rings is 1. The molecule has 4 nitrogen and oxygen atoms in total. The molecule has 0 radical (unpaired) electrons. The van der Waals surface area contributed by atoms with Crippen molar-refractivity contribution >= 4 is 0 Å². The Balaban J connectivity index is 2.36. The van der Waals surface area contributed by atoms with E-state index in [0.29, 0.717) is 19.0 Å². The number of aromatic nitrogens is 2. The molecule has 0 N–H and O–H groups in total. The minimum atomic E-state index is 0.413. The average Bonchev–Trinajstić information content (AvgIpc) is 2.53. The van der Waals surface area contributed by atoms with Gasteiger partial charge in [-0.25, -0.2) is 4.98 Å². The number of hydrogen-bond acceptors (Lipinski definition) is 3. The molecule has 0 aromatic carbocycles. The number of rotatable bonds is 1. The minimum Gasteiger partial charge on any atom is -0.463 e. The fraction of sp³-hybridized carbons (Fsp3) is 0.429. The minimum absolute atomic E-state index is 0.413. The molecule has 0 bridgehead atoms. The maximum Gasteiger partial charge on any atom is 0.296 e. The molecule has 0 saturated carbocycles. The zero-order valence-corrected chi connectivity index (χ0v) is 5.95. The van der Waals surface area contributed by atoms with Crippen LogP contribution in [0.25, 0.3) is 0 Å². The molecule has 1 aromatic rings. The monoisotopic (exact) mass is 149 g/mol. The molecule has 0 aliphatic carbocycles. The van der Waals surface area contributed by atoms with Gasteiger partial charge in [-0.15, -0.1) is 0 Å². The van der Waals surface area contributed by atoms with Crippen LogP contribution in [0.4, 0.5) is 0 Å². The number of fused-ring (bicyclic) bond motifs is 1. The summed E-state index contributed by atoms with van der Waals surface area (Å²) < 4.78 is 7.10. The smallest absolute Gasteiger partial charge is 0.296 e. The molecule has 0 spiro atoms. The summed E-state index contributed by atoms with van der Waals surface area (Å²) in [5.41, 5.74) is 0.944. The first-order valence-electron chi connectivity index (χ1n) is 3.46. The molecule has 0 fully saturated rings. The summed E-state index contributed by atoms with van der Waals surface area (Å²) in [6.07, 6.45) is 2.11. The molecule has 2 rings (SSSR count). The molecule has 56 valence electrons.